The number of carbonyl (C=O) groups is 2. The third-order valence-corrected chi connectivity index (χ3v) is 4.91. The number of amides is 2. The zero-order chi connectivity index (χ0) is 22.7. The van der Waals surface area contributed by atoms with Crippen molar-refractivity contribution in [2.24, 2.45) is 7.05 Å². The fraction of sp³-hybridized carbons (Fsp3) is 0.174. The second-order valence-corrected chi connectivity index (χ2v) is 7.56. The number of nitrogens with zero attached hydrogens (tertiary/aromatic N) is 5. The predicted octanol–water partition coefficient (Wildman–Crippen LogP) is 3.76. The van der Waals surface area contributed by atoms with Gasteiger partial charge in [0.15, 0.2) is 5.82 Å². The average molecular weight is 429 g/mol. The van der Waals surface area contributed by atoms with Gasteiger partial charge in [-0.2, -0.15) is 0 Å². The van der Waals surface area contributed by atoms with Crippen molar-refractivity contribution in [3.8, 4) is 11.5 Å². The van der Waals surface area contributed by atoms with Crippen LogP contribution in [-0.2, 0) is 7.05 Å². The molecule has 0 atom stereocenters. The molecule has 0 unspecified atom stereocenters. The van der Waals surface area contributed by atoms with E-state index in [0.717, 1.165) is 0 Å². The molecule has 2 N–H and O–H groups in total. The summed E-state index contributed by atoms with van der Waals surface area (Å²) in [4.78, 5) is 29.8. The second kappa shape index (κ2) is 8.84. The van der Waals surface area contributed by atoms with E-state index < -0.39 is 0 Å². The number of hydrogen-bond donors (Lipinski definition) is 2. The van der Waals surface area contributed by atoms with Gasteiger partial charge in [-0.25, -0.2) is 4.98 Å². The number of carbonyl (C=O) groups excluding carboxylic acids is 2. The number of hydrogen-bond acceptors (Lipinski definition) is 5. The Labute approximate surface area is 185 Å². The van der Waals surface area contributed by atoms with Crippen molar-refractivity contribution in [3.05, 3.63) is 78.4 Å². The molecule has 0 aliphatic heterocycles. The van der Waals surface area contributed by atoms with Crippen molar-refractivity contribution in [1.29, 1.82) is 0 Å². The van der Waals surface area contributed by atoms with Gasteiger partial charge >= 0.3 is 0 Å². The second-order valence-electron chi connectivity index (χ2n) is 7.56. The summed E-state index contributed by atoms with van der Waals surface area (Å²) in [5.74, 6) is 0.430. The van der Waals surface area contributed by atoms with Gasteiger partial charge in [0, 0.05) is 30.5 Å². The Morgan fingerprint density at radius 2 is 1.78 bits per heavy atom. The zero-order valence-corrected chi connectivity index (χ0v) is 18.0. The van der Waals surface area contributed by atoms with E-state index in [1.165, 1.54) is 0 Å². The minimum Gasteiger partial charge on any atom is -0.347 e. The van der Waals surface area contributed by atoms with Gasteiger partial charge in [0.05, 0.1) is 0 Å². The fourth-order valence-electron chi connectivity index (χ4n) is 3.25. The smallest absolute Gasteiger partial charge is 0.272 e. The van der Waals surface area contributed by atoms with Gasteiger partial charge in [-0.1, -0.05) is 12.1 Å². The molecule has 0 bridgehead atoms. The molecule has 9 heteroatoms. The van der Waals surface area contributed by atoms with Gasteiger partial charge in [-0.3, -0.25) is 9.59 Å². The SMILES string of the molecule is CC(C)n1cnnc1-c1cccc(NC(=O)c2cccc(NC(=O)c3cccn3C)c2)n1. The van der Waals surface area contributed by atoms with Crippen molar-refractivity contribution in [1.82, 2.24) is 24.3 Å². The largest absolute Gasteiger partial charge is 0.347 e. The molecular weight excluding hydrogens is 406 g/mol. The topological polar surface area (TPSA) is 107 Å². The molecule has 0 saturated carbocycles. The highest BCUT2D eigenvalue weighted by atomic mass is 16.2. The van der Waals surface area contributed by atoms with Crippen LogP contribution in [0.15, 0.2) is 67.1 Å². The van der Waals surface area contributed by atoms with Crippen LogP contribution < -0.4 is 10.6 Å². The molecular formula is C23H23N7O2. The van der Waals surface area contributed by atoms with Crippen LogP contribution in [0.1, 0.15) is 40.7 Å². The highest BCUT2D eigenvalue weighted by molar-refractivity contribution is 6.06. The first-order valence-electron chi connectivity index (χ1n) is 10.1. The van der Waals surface area contributed by atoms with Crippen LogP contribution in [-0.4, -0.2) is 36.1 Å². The molecule has 32 heavy (non-hydrogen) atoms. The number of pyridine rings is 1. The standard InChI is InChI=1S/C23H23N7O2/c1-15(2)30-14-24-28-21(30)18-9-5-11-20(26-18)27-22(31)16-7-4-8-17(13-16)25-23(32)19-10-6-12-29(19)3/h4-15H,1-3H3,(H,25,32)(H,26,27,31). The molecule has 0 saturated heterocycles. The Hall–Kier alpha value is -4.27. The van der Waals surface area contributed by atoms with E-state index in [9.17, 15) is 9.59 Å². The Morgan fingerprint density at radius 3 is 2.53 bits per heavy atom. The molecule has 4 rings (SSSR count). The van der Waals surface area contributed by atoms with E-state index in [-0.39, 0.29) is 17.9 Å². The van der Waals surface area contributed by atoms with Crippen LogP contribution >= 0.6 is 0 Å². The van der Waals surface area contributed by atoms with Crippen LogP contribution in [0.3, 0.4) is 0 Å². The number of anilines is 2. The van der Waals surface area contributed by atoms with Gasteiger partial charge in [-0.15, -0.1) is 10.2 Å². The molecule has 0 radical (unpaired) electrons. The Morgan fingerprint density at radius 1 is 0.969 bits per heavy atom. The van der Waals surface area contributed by atoms with E-state index in [1.54, 1.807) is 72.7 Å². The van der Waals surface area contributed by atoms with Crippen molar-refractivity contribution >= 4 is 23.3 Å². The lowest BCUT2D eigenvalue weighted by atomic mass is 10.2. The van der Waals surface area contributed by atoms with Crippen LogP contribution in [0.5, 0.6) is 0 Å². The molecule has 0 spiro atoms. The molecule has 4 aromatic rings. The van der Waals surface area contributed by atoms with Gasteiger partial charge in [0.1, 0.15) is 23.5 Å². The maximum atomic E-state index is 12.8. The molecule has 0 fully saturated rings. The van der Waals surface area contributed by atoms with Crippen molar-refractivity contribution in [3.63, 3.8) is 0 Å². The Bertz CT molecular complexity index is 1270. The summed E-state index contributed by atoms with van der Waals surface area (Å²) in [7, 11) is 1.80. The minimum atomic E-state index is -0.338. The predicted molar refractivity (Wildman–Crippen MR) is 121 cm³/mol. The van der Waals surface area contributed by atoms with Crippen LogP contribution in [0.2, 0.25) is 0 Å². The van der Waals surface area contributed by atoms with E-state index in [0.29, 0.717) is 34.3 Å². The number of benzene rings is 1. The minimum absolute atomic E-state index is 0.175. The summed E-state index contributed by atoms with van der Waals surface area (Å²) in [6, 6.07) is 15.8. The summed E-state index contributed by atoms with van der Waals surface area (Å²) < 4.78 is 3.64. The summed E-state index contributed by atoms with van der Waals surface area (Å²) in [5, 5.41) is 13.7. The third-order valence-electron chi connectivity index (χ3n) is 4.91. The van der Waals surface area contributed by atoms with Gasteiger partial charge in [0.25, 0.3) is 11.8 Å². The van der Waals surface area contributed by atoms with Gasteiger partial charge in [-0.05, 0) is 56.3 Å². The number of rotatable bonds is 6. The molecule has 3 aromatic heterocycles. The van der Waals surface area contributed by atoms with E-state index >= 15 is 0 Å². The average Bonchev–Trinajstić information content (AvgIpc) is 3.43. The number of aryl methyl sites for hydroxylation is 1. The quantitative estimate of drug-likeness (QED) is 0.485. The molecule has 162 valence electrons. The van der Waals surface area contributed by atoms with E-state index in [1.807, 2.05) is 24.5 Å². The molecule has 0 aliphatic rings. The maximum Gasteiger partial charge on any atom is 0.272 e. The summed E-state index contributed by atoms with van der Waals surface area (Å²) in [5.41, 5.74) is 2.05. The first-order chi connectivity index (χ1) is 15.4. The zero-order valence-electron chi connectivity index (χ0n) is 18.0. The third kappa shape index (κ3) is 4.41. The molecule has 3 heterocycles. The lowest BCUT2D eigenvalue weighted by molar-refractivity contribution is 0.101. The molecule has 0 aliphatic carbocycles. The first-order valence-corrected chi connectivity index (χ1v) is 10.1. The number of aromatic nitrogens is 5. The number of nitrogens with one attached hydrogen (secondary N) is 2. The normalized spacial score (nSPS) is 10.9. The van der Waals surface area contributed by atoms with Gasteiger partial charge < -0.3 is 19.8 Å². The molecule has 2 amide bonds. The fourth-order valence-corrected chi connectivity index (χ4v) is 3.25. The Kier molecular flexibility index (Phi) is 5.80. The van der Waals surface area contributed by atoms with Crippen LogP contribution in [0.25, 0.3) is 11.5 Å². The lowest BCUT2D eigenvalue weighted by Crippen LogP contribution is -2.17. The van der Waals surface area contributed by atoms with Gasteiger partial charge in [0.2, 0.25) is 0 Å². The summed E-state index contributed by atoms with van der Waals surface area (Å²) in [6.45, 7) is 4.06. The molecule has 1 aromatic carbocycles. The van der Waals surface area contributed by atoms with Crippen LogP contribution in [0, 0.1) is 0 Å². The lowest BCUT2D eigenvalue weighted by Gasteiger charge is -2.11. The van der Waals surface area contributed by atoms with Crippen LogP contribution in [0.4, 0.5) is 11.5 Å². The van der Waals surface area contributed by atoms with E-state index in [2.05, 4.69) is 25.8 Å². The van der Waals surface area contributed by atoms with Crippen molar-refractivity contribution < 1.29 is 9.59 Å². The first kappa shape index (κ1) is 21.0. The Balaban J connectivity index is 1.50. The van der Waals surface area contributed by atoms with E-state index in [4.69, 9.17) is 0 Å². The summed E-state index contributed by atoms with van der Waals surface area (Å²) >= 11 is 0. The molecule has 9 nitrogen and oxygen atoms in total. The summed E-state index contributed by atoms with van der Waals surface area (Å²) in [6.07, 6.45) is 3.45. The van der Waals surface area contributed by atoms with Crippen molar-refractivity contribution in [2.45, 2.75) is 19.9 Å². The monoisotopic (exact) mass is 429 g/mol. The highest BCUT2D eigenvalue weighted by Crippen LogP contribution is 2.20. The maximum absolute atomic E-state index is 12.8. The highest BCUT2D eigenvalue weighted by Gasteiger charge is 2.14. The van der Waals surface area contributed by atoms with Crippen molar-refractivity contribution in [2.75, 3.05) is 10.6 Å².